The zero-order valence-electron chi connectivity index (χ0n) is 14.6. The lowest BCUT2D eigenvalue weighted by molar-refractivity contribution is 0.341. The van der Waals surface area contributed by atoms with Crippen LogP contribution in [-0.2, 0) is 0 Å². The lowest BCUT2D eigenvalue weighted by Crippen LogP contribution is -2.45. The average Bonchev–Trinajstić information content (AvgIpc) is 2.70. The molecule has 0 aromatic heterocycles. The number of para-hydroxylation sites is 1. The van der Waals surface area contributed by atoms with Gasteiger partial charge in [0.05, 0.1) is 5.03 Å². The molecule has 0 amide bonds. The van der Waals surface area contributed by atoms with Crippen molar-refractivity contribution in [2.75, 3.05) is 31.1 Å². The number of thioether (sulfide) groups is 1. The highest BCUT2D eigenvalue weighted by atomic mass is 32.2. The van der Waals surface area contributed by atoms with Gasteiger partial charge in [-0.1, -0.05) is 66.4 Å². The maximum Gasteiger partial charge on any atom is 0.0708 e. The third kappa shape index (κ3) is 4.60. The van der Waals surface area contributed by atoms with Crippen molar-refractivity contribution in [2.45, 2.75) is 6.92 Å². The quantitative estimate of drug-likeness (QED) is 0.867. The summed E-state index contributed by atoms with van der Waals surface area (Å²) in [6.45, 7) is 6.24. The van der Waals surface area contributed by atoms with Gasteiger partial charge >= 0.3 is 0 Å². The second-order valence-corrected chi connectivity index (χ2v) is 6.88. The van der Waals surface area contributed by atoms with Crippen LogP contribution < -0.4 is 10.6 Å². The van der Waals surface area contributed by atoms with Crippen LogP contribution in [-0.4, -0.2) is 31.1 Å². The first-order valence-corrected chi connectivity index (χ1v) is 9.55. The van der Waals surface area contributed by atoms with Crippen LogP contribution in [0.25, 0.3) is 5.70 Å². The highest BCUT2D eigenvalue weighted by Gasteiger charge is 2.18. The molecule has 0 aliphatic carbocycles. The lowest BCUT2D eigenvalue weighted by atomic mass is 10.2. The second-order valence-electron chi connectivity index (χ2n) is 5.99. The van der Waals surface area contributed by atoms with E-state index in [4.69, 9.17) is 5.73 Å². The van der Waals surface area contributed by atoms with E-state index >= 15 is 0 Å². The lowest BCUT2D eigenvalue weighted by Gasteiger charge is -2.38. The molecule has 0 radical (unpaired) electrons. The van der Waals surface area contributed by atoms with E-state index in [2.05, 4.69) is 53.1 Å². The van der Waals surface area contributed by atoms with E-state index in [0.717, 1.165) is 37.4 Å². The highest BCUT2D eigenvalue weighted by Crippen LogP contribution is 2.26. The Morgan fingerprint density at radius 3 is 2.12 bits per heavy atom. The van der Waals surface area contributed by atoms with Gasteiger partial charge in [0.25, 0.3) is 0 Å². The fourth-order valence-corrected chi connectivity index (χ4v) is 3.82. The minimum absolute atomic E-state index is 0.813. The van der Waals surface area contributed by atoms with Crippen LogP contribution in [0.4, 0.5) is 5.69 Å². The first-order valence-electron chi connectivity index (χ1n) is 8.67. The van der Waals surface area contributed by atoms with Gasteiger partial charge in [0.2, 0.25) is 0 Å². The second kappa shape index (κ2) is 8.67. The molecule has 3 nitrogen and oxygen atoms in total. The van der Waals surface area contributed by atoms with Crippen LogP contribution in [0.15, 0.2) is 77.2 Å². The average molecular weight is 352 g/mol. The van der Waals surface area contributed by atoms with Gasteiger partial charge in [0, 0.05) is 43.0 Å². The molecule has 2 N–H and O–H groups in total. The Kier molecular flexibility index (Phi) is 6.07. The molecule has 0 spiro atoms. The monoisotopic (exact) mass is 351 g/mol. The minimum atomic E-state index is 0.813. The van der Waals surface area contributed by atoms with Crippen molar-refractivity contribution in [1.29, 1.82) is 0 Å². The number of rotatable bonds is 5. The Hall–Kier alpha value is -2.33. The molecule has 1 heterocycles. The molecular weight excluding hydrogens is 326 g/mol. The number of nitrogens with two attached hydrogens (primary N) is 1. The normalized spacial score (nSPS) is 16.2. The summed E-state index contributed by atoms with van der Waals surface area (Å²) < 4.78 is 0. The van der Waals surface area contributed by atoms with Crippen molar-refractivity contribution in [3.63, 3.8) is 0 Å². The van der Waals surface area contributed by atoms with Crippen LogP contribution in [0, 0.1) is 0 Å². The third-order valence-corrected chi connectivity index (χ3v) is 5.48. The largest absolute Gasteiger partial charge is 0.398 e. The Labute approximate surface area is 154 Å². The number of anilines is 1. The van der Waals surface area contributed by atoms with Gasteiger partial charge in [-0.15, -0.1) is 0 Å². The van der Waals surface area contributed by atoms with Crippen LogP contribution in [0.2, 0.25) is 0 Å². The van der Waals surface area contributed by atoms with Crippen molar-refractivity contribution < 1.29 is 0 Å². The third-order valence-electron chi connectivity index (χ3n) is 4.37. The maximum absolute atomic E-state index is 6.21. The Morgan fingerprint density at radius 2 is 1.52 bits per heavy atom. The van der Waals surface area contributed by atoms with Crippen molar-refractivity contribution in [2.24, 2.45) is 5.73 Å². The van der Waals surface area contributed by atoms with Crippen LogP contribution in [0.5, 0.6) is 0 Å². The van der Waals surface area contributed by atoms with Gasteiger partial charge < -0.3 is 15.5 Å². The summed E-state index contributed by atoms with van der Waals surface area (Å²) in [4.78, 5) is 4.89. The number of hydrogen-bond acceptors (Lipinski definition) is 4. The summed E-state index contributed by atoms with van der Waals surface area (Å²) in [6, 6.07) is 20.8. The Bertz CT molecular complexity index is 717. The number of allylic oxidation sites excluding steroid dienone is 1. The first-order chi connectivity index (χ1) is 12.3. The van der Waals surface area contributed by atoms with Gasteiger partial charge in [-0.3, -0.25) is 0 Å². The zero-order chi connectivity index (χ0) is 17.5. The molecule has 2 aromatic rings. The number of nitrogens with zero attached hydrogens (tertiary/aromatic N) is 2. The summed E-state index contributed by atoms with van der Waals surface area (Å²) in [5.74, 6) is 0. The van der Waals surface area contributed by atoms with Crippen LogP contribution in [0.3, 0.4) is 0 Å². The molecule has 0 bridgehead atoms. The summed E-state index contributed by atoms with van der Waals surface area (Å²) >= 11 is 1.71. The van der Waals surface area contributed by atoms with E-state index in [-0.39, 0.29) is 0 Å². The standard InChI is InChI=1S/C21H25N3S/c1-2-21(25-17-20(22)18-9-5-3-6-10-18)24-15-13-23(14-16-24)19-11-7-4-8-12-19/h2-12,17H,13-16,22H2,1H3/b20-17-,21-2-. The highest BCUT2D eigenvalue weighted by molar-refractivity contribution is 8.05. The number of piperazine rings is 1. The van der Waals surface area contributed by atoms with Gasteiger partial charge in [-0.05, 0) is 24.6 Å². The summed E-state index contributed by atoms with van der Waals surface area (Å²) in [5.41, 5.74) is 9.40. The van der Waals surface area contributed by atoms with E-state index in [1.807, 2.05) is 35.7 Å². The summed E-state index contributed by atoms with van der Waals surface area (Å²) in [5, 5.41) is 3.32. The zero-order valence-corrected chi connectivity index (χ0v) is 15.5. The van der Waals surface area contributed by atoms with Crippen molar-refractivity contribution in [3.05, 3.63) is 82.7 Å². The fraction of sp³-hybridized carbons (Fsp3) is 0.238. The molecule has 1 fully saturated rings. The molecule has 0 saturated carbocycles. The Morgan fingerprint density at radius 1 is 0.920 bits per heavy atom. The van der Waals surface area contributed by atoms with Gasteiger partial charge in [0.1, 0.15) is 0 Å². The van der Waals surface area contributed by atoms with Crippen molar-refractivity contribution in [3.8, 4) is 0 Å². The number of benzene rings is 2. The summed E-state index contributed by atoms with van der Waals surface area (Å²) in [6.07, 6.45) is 2.18. The van der Waals surface area contributed by atoms with Gasteiger partial charge in [-0.2, -0.15) is 0 Å². The molecule has 0 atom stereocenters. The summed E-state index contributed by atoms with van der Waals surface area (Å²) in [7, 11) is 0. The molecule has 1 aliphatic rings. The van der Waals surface area contributed by atoms with E-state index in [1.54, 1.807) is 11.8 Å². The van der Waals surface area contributed by atoms with E-state index in [0.29, 0.717) is 0 Å². The molecule has 0 unspecified atom stereocenters. The molecule has 1 saturated heterocycles. The smallest absolute Gasteiger partial charge is 0.0708 e. The maximum atomic E-state index is 6.21. The SMILES string of the molecule is C/C=C(\S/C=C(\N)c1ccccc1)N1CCN(c2ccccc2)CC1. The fourth-order valence-electron chi connectivity index (χ4n) is 2.97. The van der Waals surface area contributed by atoms with E-state index < -0.39 is 0 Å². The first kappa shape index (κ1) is 17.5. The number of hydrogen-bond donors (Lipinski definition) is 1. The van der Waals surface area contributed by atoms with Crippen molar-refractivity contribution in [1.82, 2.24) is 4.90 Å². The van der Waals surface area contributed by atoms with Crippen LogP contribution in [0.1, 0.15) is 12.5 Å². The topological polar surface area (TPSA) is 32.5 Å². The predicted molar refractivity (Wildman–Crippen MR) is 110 cm³/mol. The van der Waals surface area contributed by atoms with E-state index in [9.17, 15) is 0 Å². The van der Waals surface area contributed by atoms with Gasteiger partial charge in [0.15, 0.2) is 0 Å². The van der Waals surface area contributed by atoms with Gasteiger partial charge in [-0.25, -0.2) is 0 Å². The van der Waals surface area contributed by atoms with Crippen LogP contribution >= 0.6 is 11.8 Å². The molecule has 4 heteroatoms. The van der Waals surface area contributed by atoms with Crippen molar-refractivity contribution >= 4 is 23.1 Å². The molecule has 1 aliphatic heterocycles. The molecule has 130 valence electrons. The predicted octanol–water partition coefficient (Wildman–Crippen LogP) is 4.36. The minimum Gasteiger partial charge on any atom is -0.398 e. The molecular formula is C21H25N3S. The molecule has 3 rings (SSSR count). The van der Waals surface area contributed by atoms with E-state index in [1.165, 1.54) is 10.7 Å². The molecule has 25 heavy (non-hydrogen) atoms. The Balaban J connectivity index is 1.58. The molecule has 2 aromatic carbocycles.